The molecule has 0 aliphatic carbocycles. The first-order valence-corrected chi connectivity index (χ1v) is 6.24. The number of nitrogens with one attached hydrogen (secondary N) is 1. The largest absolute Gasteiger partial charge is 0.480 e. The predicted octanol–water partition coefficient (Wildman–Crippen LogP) is 3.20. The normalized spacial score (nSPS) is 11.1. The van der Waals surface area contributed by atoms with E-state index in [4.69, 9.17) is 16.7 Å². The summed E-state index contributed by atoms with van der Waals surface area (Å²) in [6.45, 7) is 4.71. The van der Waals surface area contributed by atoms with E-state index in [0.717, 1.165) is 11.0 Å². The Morgan fingerprint density at radius 3 is 2.45 bits per heavy atom. The molecule has 20 heavy (non-hydrogen) atoms. The second-order valence-corrected chi connectivity index (χ2v) is 5.62. The Morgan fingerprint density at radius 1 is 1.40 bits per heavy atom. The third-order valence-electron chi connectivity index (χ3n) is 2.52. The highest BCUT2D eigenvalue weighted by Crippen LogP contribution is 2.21. The SMILES string of the molecule is CC(C)(C)N(CC(=O)O)C(=O)Nc1ccc(F)c(Cl)c1. The molecule has 0 aromatic heterocycles. The van der Waals surface area contributed by atoms with Crippen molar-refractivity contribution in [1.82, 2.24) is 4.90 Å². The van der Waals surface area contributed by atoms with Gasteiger partial charge in [-0.25, -0.2) is 9.18 Å². The van der Waals surface area contributed by atoms with Crippen molar-refractivity contribution in [3.63, 3.8) is 0 Å². The Bertz CT molecular complexity index is 529. The van der Waals surface area contributed by atoms with Gasteiger partial charge >= 0.3 is 12.0 Å². The maximum Gasteiger partial charge on any atom is 0.323 e. The number of urea groups is 1. The molecule has 0 saturated heterocycles. The van der Waals surface area contributed by atoms with Gasteiger partial charge in [-0.3, -0.25) is 4.79 Å². The summed E-state index contributed by atoms with van der Waals surface area (Å²) in [4.78, 5) is 24.1. The number of amides is 2. The number of anilines is 1. The van der Waals surface area contributed by atoms with Crippen LogP contribution < -0.4 is 5.32 Å². The number of halogens is 2. The highest BCUT2D eigenvalue weighted by molar-refractivity contribution is 6.31. The van der Waals surface area contributed by atoms with Crippen LogP contribution in [-0.4, -0.2) is 34.1 Å². The van der Waals surface area contributed by atoms with Gasteiger partial charge in [0.1, 0.15) is 12.4 Å². The van der Waals surface area contributed by atoms with Gasteiger partial charge in [0.15, 0.2) is 0 Å². The molecule has 5 nitrogen and oxygen atoms in total. The fraction of sp³-hybridized carbons (Fsp3) is 0.385. The lowest BCUT2D eigenvalue weighted by atomic mass is 10.1. The summed E-state index contributed by atoms with van der Waals surface area (Å²) >= 11 is 5.62. The average molecular weight is 303 g/mol. The number of nitrogens with zero attached hydrogens (tertiary/aromatic N) is 1. The first-order valence-electron chi connectivity index (χ1n) is 5.86. The van der Waals surface area contributed by atoms with Crippen molar-refractivity contribution < 1.29 is 19.1 Å². The van der Waals surface area contributed by atoms with Crippen LogP contribution >= 0.6 is 11.6 Å². The molecular formula is C13H16ClFN2O3. The van der Waals surface area contributed by atoms with Gasteiger partial charge in [-0.2, -0.15) is 0 Å². The van der Waals surface area contributed by atoms with Crippen molar-refractivity contribution >= 4 is 29.3 Å². The Hall–Kier alpha value is -1.82. The summed E-state index contributed by atoms with van der Waals surface area (Å²) in [6, 6.07) is 3.14. The van der Waals surface area contributed by atoms with Crippen molar-refractivity contribution in [3.8, 4) is 0 Å². The standard InChI is InChI=1S/C13H16ClFN2O3/c1-13(2,3)17(7-11(18)19)12(20)16-8-4-5-10(15)9(14)6-8/h4-6H,7H2,1-3H3,(H,16,20)(H,18,19). The summed E-state index contributed by atoms with van der Waals surface area (Å²) in [5, 5.41) is 11.2. The molecule has 0 saturated carbocycles. The van der Waals surface area contributed by atoms with Crippen molar-refractivity contribution in [2.24, 2.45) is 0 Å². The first-order chi connectivity index (χ1) is 9.11. The van der Waals surface area contributed by atoms with Gasteiger partial charge in [-0.05, 0) is 39.0 Å². The Kier molecular flexibility index (Phi) is 4.94. The fourth-order valence-corrected chi connectivity index (χ4v) is 1.69. The Balaban J connectivity index is 2.90. The molecular weight excluding hydrogens is 287 g/mol. The molecule has 0 spiro atoms. The molecule has 0 unspecified atom stereocenters. The minimum Gasteiger partial charge on any atom is -0.480 e. The summed E-state index contributed by atoms with van der Waals surface area (Å²) < 4.78 is 13.0. The lowest BCUT2D eigenvalue weighted by molar-refractivity contribution is -0.138. The van der Waals surface area contributed by atoms with Crippen LogP contribution in [0.3, 0.4) is 0 Å². The summed E-state index contributed by atoms with van der Waals surface area (Å²) in [6.07, 6.45) is 0. The van der Waals surface area contributed by atoms with Gasteiger partial charge in [0.2, 0.25) is 0 Å². The number of aliphatic carboxylic acids is 1. The van der Waals surface area contributed by atoms with Crippen molar-refractivity contribution in [3.05, 3.63) is 29.0 Å². The smallest absolute Gasteiger partial charge is 0.323 e. The number of hydrogen-bond acceptors (Lipinski definition) is 2. The monoisotopic (exact) mass is 302 g/mol. The molecule has 0 heterocycles. The first kappa shape index (κ1) is 16.2. The zero-order chi connectivity index (χ0) is 15.5. The van der Waals surface area contributed by atoms with E-state index in [1.807, 2.05) is 0 Å². The number of carboxylic acids is 1. The van der Waals surface area contributed by atoms with Gasteiger partial charge in [-0.1, -0.05) is 11.6 Å². The molecule has 0 aliphatic rings. The number of hydrogen-bond donors (Lipinski definition) is 2. The molecule has 0 bridgehead atoms. The van der Waals surface area contributed by atoms with E-state index < -0.39 is 29.9 Å². The quantitative estimate of drug-likeness (QED) is 0.901. The van der Waals surface area contributed by atoms with Gasteiger partial charge in [0.05, 0.1) is 5.02 Å². The molecule has 7 heteroatoms. The average Bonchev–Trinajstić information content (AvgIpc) is 2.29. The summed E-state index contributed by atoms with van der Waals surface area (Å²) in [5.74, 6) is -1.71. The van der Waals surface area contributed by atoms with E-state index in [-0.39, 0.29) is 5.02 Å². The molecule has 0 atom stereocenters. The second-order valence-electron chi connectivity index (χ2n) is 5.21. The number of rotatable bonds is 3. The fourth-order valence-electron chi connectivity index (χ4n) is 1.51. The zero-order valence-corrected chi connectivity index (χ0v) is 12.2. The highest BCUT2D eigenvalue weighted by Gasteiger charge is 2.28. The number of carboxylic acid groups (broad SMARTS) is 1. The van der Waals surface area contributed by atoms with E-state index in [9.17, 15) is 14.0 Å². The second kappa shape index (κ2) is 6.09. The van der Waals surface area contributed by atoms with E-state index >= 15 is 0 Å². The Morgan fingerprint density at radius 2 is 2.00 bits per heavy atom. The van der Waals surface area contributed by atoms with Gasteiger partial charge in [0, 0.05) is 11.2 Å². The summed E-state index contributed by atoms with van der Waals surface area (Å²) in [7, 11) is 0. The van der Waals surface area contributed by atoms with Crippen LogP contribution in [-0.2, 0) is 4.79 Å². The molecule has 0 fully saturated rings. The summed E-state index contributed by atoms with van der Waals surface area (Å²) in [5.41, 5.74) is -0.382. The van der Waals surface area contributed by atoms with Gasteiger partial charge in [0.25, 0.3) is 0 Å². The maximum atomic E-state index is 13.0. The molecule has 1 aromatic rings. The molecule has 0 radical (unpaired) electrons. The van der Waals surface area contributed by atoms with Crippen LogP contribution in [0, 0.1) is 5.82 Å². The zero-order valence-electron chi connectivity index (χ0n) is 11.4. The van der Waals surface area contributed by atoms with Crippen molar-refractivity contribution in [1.29, 1.82) is 0 Å². The molecule has 1 rings (SSSR count). The van der Waals surface area contributed by atoms with Crippen molar-refractivity contribution in [2.75, 3.05) is 11.9 Å². The molecule has 2 N–H and O–H groups in total. The minimum atomic E-state index is -1.12. The number of carbonyl (C=O) groups excluding carboxylic acids is 1. The molecule has 0 aliphatic heterocycles. The Labute approximate surface area is 121 Å². The number of carbonyl (C=O) groups is 2. The van der Waals surface area contributed by atoms with E-state index in [2.05, 4.69) is 5.32 Å². The van der Waals surface area contributed by atoms with Crippen LogP contribution in [0.4, 0.5) is 14.9 Å². The molecule has 1 aromatic carbocycles. The van der Waals surface area contributed by atoms with Gasteiger partial charge < -0.3 is 15.3 Å². The van der Waals surface area contributed by atoms with Crippen LogP contribution in [0.15, 0.2) is 18.2 Å². The number of benzene rings is 1. The van der Waals surface area contributed by atoms with Crippen LogP contribution in [0.5, 0.6) is 0 Å². The third-order valence-corrected chi connectivity index (χ3v) is 2.81. The molecule has 110 valence electrons. The van der Waals surface area contributed by atoms with E-state index in [1.54, 1.807) is 20.8 Å². The van der Waals surface area contributed by atoms with E-state index in [1.165, 1.54) is 12.1 Å². The van der Waals surface area contributed by atoms with E-state index in [0.29, 0.717) is 5.69 Å². The maximum absolute atomic E-state index is 13.0. The minimum absolute atomic E-state index is 0.122. The third kappa shape index (κ3) is 4.38. The van der Waals surface area contributed by atoms with Crippen LogP contribution in [0.1, 0.15) is 20.8 Å². The predicted molar refractivity (Wildman–Crippen MR) is 74.5 cm³/mol. The van der Waals surface area contributed by atoms with Crippen LogP contribution in [0.2, 0.25) is 5.02 Å². The lowest BCUT2D eigenvalue weighted by Crippen LogP contribution is -2.50. The highest BCUT2D eigenvalue weighted by atomic mass is 35.5. The topological polar surface area (TPSA) is 69.6 Å². The molecule has 2 amide bonds. The van der Waals surface area contributed by atoms with Crippen LogP contribution in [0.25, 0.3) is 0 Å². The lowest BCUT2D eigenvalue weighted by Gasteiger charge is -2.34. The van der Waals surface area contributed by atoms with Crippen molar-refractivity contribution in [2.45, 2.75) is 26.3 Å². The van der Waals surface area contributed by atoms with Gasteiger partial charge in [-0.15, -0.1) is 0 Å².